The summed E-state index contributed by atoms with van der Waals surface area (Å²) in [7, 11) is 0. The van der Waals surface area contributed by atoms with Gasteiger partial charge in [-0.15, -0.1) is 0 Å². The quantitative estimate of drug-likeness (QED) is 0.516. The van der Waals surface area contributed by atoms with E-state index in [2.05, 4.69) is 0 Å². The first-order chi connectivity index (χ1) is 5.09. The Labute approximate surface area is 67.3 Å². The Balaban J connectivity index is 2.49. The molecule has 0 bridgehead atoms. The molecule has 3 nitrogen and oxygen atoms in total. The lowest BCUT2D eigenvalue weighted by atomic mass is 10.2. The Hall–Kier alpha value is -0.570. The first-order valence-electron chi connectivity index (χ1n) is 4.00. The van der Waals surface area contributed by atoms with Crippen molar-refractivity contribution in [3.05, 3.63) is 0 Å². The maximum atomic E-state index is 11.0. The first kappa shape index (κ1) is 8.53. The van der Waals surface area contributed by atoms with Crippen molar-refractivity contribution in [2.45, 2.75) is 33.0 Å². The van der Waals surface area contributed by atoms with E-state index in [1.807, 2.05) is 18.7 Å². The highest BCUT2D eigenvalue weighted by atomic mass is 16.5. The molecule has 0 radical (unpaired) electrons. The van der Waals surface area contributed by atoms with E-state index in [4.69, 9.17) is 4.74 Å². The monoisotopic (exact) mass is 157 g/mol. The van der Waals surface area contributed by atoms with Crippen LogP contribution in [0.1, 0.15) is 20.8 Å². The van der Waals surface area contributed by atoms with E-state index in [9.17, 15) is 4.79 Å². The van der Waals surface area contributed by atoms with Gasteiger partial charge < -0.3 is 9.64 Å². The summed E-state index contributed by atoms with van der Waals surface area (Å²) in [4.78, 5) is 12.8. The highest BCUT2D eigenvalue weighted by molar-refractivity contribution is 5.73. The molecule has 64 valence electrons. The number of ether oxygens (including phenoxy) is 1. The first-order valence-corrected chi connectivity index (χ1v) is 4.00. The Morgan fingerprint density at radius 3 is 2.18 bits per heavy atom. The minimum Gasteiger partial charge on any atom is -0.372 e. The van der Waals surface area contributed by atoms with Crippen LogP contribution in [0.25, 0.3) is 0 Å². The lowest BCUT2D eigenvalue weighted by Crippen LogP contribution is -2.47. The molecule has 1 amide bonds. The Morgan fingerprint density at radius 1 is 1.36 bits per heavy atom. The predicted octanol–water partition coefficient (Wildman–Crippen LogP) is 0.642. The highest BCUT2D eigenvalue weighted by Crippen LogP contribution is 2.09. The molecule has 0 aromatic rings. The van der Waals surface area contributed by atoms with Crippen molar-refractivity contribution in [2.24, 2.45) is 0 Å². The van der Waals surface area contributed by atoms with Crippen molar-refractivity contribution in [3.8, 4) is 0 Å². The molecular weight excluding hydrogens is 142 g/mol. The molecule has 1 fully saturated rings. The number of hydrogen-bond donors (Lipinski definition) is 0. The standard InChI is InChI=1S/C8H15NO2/c1-6-4-9(8(3)10)5-7(2)11-6/h6-7H,4-5H2,1-3H3/t6-,7?/m1/s1. The lowest BCUT2D eigenvalue weighted by Gasteiger charge is -2.34. The van der Waals surface area contributed by atoms with E-state index in [0.29, 0.717) is 0 Å². The third-order valence-electron chi connectivity index (χ3n) is 1.86. The van der Waals surface area contributed by atoms with Gasteiger partial charge in [0.1, 0.15) is 0 Å². The Morgan fingerprint density at radius 2 is 1.82 bits per heavy atom. The summed E-state index contributed by atoms with van der Waals surface area (Å²) in [6.45, 7) is 7.06. The number of nitrogens with zero attached hydrogens (tertiary/aromatic N) is 1. The van der Waals surface area contributed by atoms with E-state index in [0.717, 1.165) is 13.1 Å². The molecule has 1 saturated heterocycles. The molecule has 1 heterocycles. The second-order valence-corrected chi connectivity index (χ2v) is 3.18. The van der Waals surface area contributed by atoms with Crippen molar-refractivity contribution in [2.75, 3.05) is 13.1 Å². The van der Waals surface area contributed by atoms with Crippen LogP contribution in [0.4, 0.5) is 0 Å². The van der Waals surface area contributed by atoms with Gasteiger partial charge >= 0.3 is 0 Å². The average Bonchev–Trinajstić information content (AvgIpc) is 1.85. The highest BCUT2D eigenvalue weighted by Gasteiger charge is 2.23. The number of amides is 1. The second-order valence-electron chi connectivity index (χ2n) is 3.18. The number of hydrogen-bond acceptors (Lipinski definition) is 2. The van der Waals surface area contributed by atoms with Gasteiger partial charge in [-0.3, -0.25) is 4.79 Å². The van der Waals surface area contributed by atoms with Gasteiger partial charge in [-0.05, 0) is 13.8 Å². The zero-order valence-corrected chi connectivity index (χ0v) is 7.33. The van der Waals surface area contributed by atoms with Gasteiger partial charge in [0.2, 0.25) is 5.91 Å². The number of carbonyl (C=O) groups excluding carboxylic acids is 1. The van der Waals surface area contributed by atoms with Crippen LogP contribution >= 0.6 is 0 Å². The van der Waals surface area contributed by atoms with Crippen molar-refractivity contribution in [3.63, 3.8) is 0 Å². The van der Waals surface area contributed by atoms with Crippen LogP contribution in [0.2, 0.25) is 0 Å². The molecule has 1 aliphatic heterocycles. The fraction of sp³-hybridized carbons (Fsp3) is 0.875. The molecule has 3 heteroatoms. The molecule has 0 aliphatic carbocycles. The molecule has 0 spiro atoms. The van der Waals surface area contributed by atoms with Gasteiger partial charge in [0.25, 0.3) is 0 Å². The van der Waals surface area contributed by atoms with Crippen LogP contribution < -0.4 is 0 Å². The van der Waals surface area contributed by atoms with Crippen molar-refractivity contribution in [1.29, 1.82) is 0 Å². The van der Waals surface area contributed by atoms with E-state index < -0.39 is 0 Å². The van der Waals surface area contributed by atoms with Gasteiger partial charge in [-0.1, -0.05) is 0 Å². The van der Waals surface area contributed by atoms with E-state index >= 15 is 0 Å². The van der Waals surface area contributed by atoms with Gasteiger partial charge in [0.15, 0.2) is 0 Å². The summed E-state index contributed by atoms with van der Waals surface area (Å²) >= 11 is 0. The summed E-state index contributed by atoms with van der Waals surface area (Å²) in [5.74, 6) is 0.145. The summed E-state index contributed by atoms with van der Waals surface area (Å²) in [5.41, 5.74) is 0. The van der Waals surface area contributed by atoms with Crippen LogP contribution in [0.15, 0.2) is 0 Å². The number of morpholine rings is 1. The smallest absolute Gasteiger partial charge is 0.219 e. The zero-order chi connectivity index (χ0) is 8.43. The number of rotatable bonds is 0. The van der Waals surface area contributed by atoms with E-state index in [-0.39, 0.29) is 18.1 Å². The Kier molecular flexibility index (Phi) is 2.49. The van der Waals surface area contributed by atoms with Crippen LogP contribution in [-0.2, 0) is 9.53 Å². The molecule has 1 aliphatic rings. The number of carbonyl (C=O) groups is 1. The predicted molar refractivity (Wildman–Crippen MR) is 42.3 cm³/mol. The largest absolute Gasteiger partial charge is 0.372 e. The van der Waals surface area contributed by atoms with Crippen molar-refractivity contribution < 1.29 is 9.53 Å². The maximum absolute atomic E-state index is 11.0. The van der Waals surface area contributed by atoms with Crippen LogP contribution in [0, 0.1) is 0 Å². The third-order valence-corrected chi connectivity index (χ3v) is 1.86. The summed E-state index contributed by atoms with van der Waals surface area (Å²) in [6, 6.07) is 0. The third kappa shape index (κ3) is 2.19. The van der Waals surface area contributed by atoms with Gasteiger partial charge in [0, 0.05) is 20.0 Å². The summed E-state index contributed by atoms with van der Waals surface area (Å²) in [5, 5.41) is 0. The molecule has 0 N–H and O–H groups in total. The Bertz CT molecular complexity index is 148. The molecule has 1 unspecified atom stereocenters. The van der Waals surface area contributed by atoms with Gasteiger partial charge in [-0.2, -0.15) is 0 Å². The summed E-state index contributed by atoms with van der Waals surface area (Å²) in [6.07, 6.45) is 0.366. The molecular formula is C8H15NO2. The van der Waals surface area contributed by atoms with Crippen LogP contribution in [0.3, 0.4) is 0 Å². The molecule has 2 atom stereocenters. The molecule has 0 aromatic carbocycles. The molecule has 0 aromatic heterocycles. The van der Waals surface area contributed by atoms with E-state index in [1.165, 1.54) is 0 Å². The normalized spacial score (nSPS) is 32.1. The van der Waals surface area contributed by atoms with Crippen molar-refractivity contribution in [1.82, 2.24) is 4.90 Å². The lowest BCUT2D eigenvalue weighted by molar-refractivity contribution is -0.140. The summed E-state index contributed by atoms with van der Waals surface area (Å²) < 4.78 is 5.47. The van der Waals surface area contributed by atoms with E-state index in [1.54, 1.807) is 6.92 Å². The SMILES string of the molecule is CC(=O)N1CC(C)O[C@H](C)C1. The maximum Gasteiger partial charge on any atom is 0.219 e. The molecule has 1 rings (SSSR count). The van der Waals surface area contributed by atoms with Gasteiger partial charge in [-0.25, -0.2) is 0 Å². The minimum atomic E-state index is 0.145. The molecule has 11 heavy (non-hydrogen) atoms. The minimum absolute atomic E-state index is 0.145. The van der Waals surface area contributed by atoms with Crippen LogP contribution in [0.5, 0.6) is 0 Å². The van der Waals surface area contributed by atoms with Crippen LogP contribution in [-0.4, -0.2) is 36.1 Å². The zero-order valence-electron chi connectivity index (χ0n) is 7.33. The average molecular weight is 157 g/mol. The fourth-order valence-electron chi connectivity index (χ4n) is 1.44. The molecule has 0 saturated carbocycles. The second kappa shape index (κ2) is 3.22. The fourth-order valence-corrected chi connectivity index (χ4v) is 1.44. The van der Waals surface area contributed by atoms with Gasteiger partial charge in [0.05, 0.1) is 12.2 Å². The van der Waals surface area contributed by atoms with Crippen molar-refractivity contribution >= 4 is 5.91 Å². The topological polar surface area (TPSA) is 29.5 Å².